The topological polar surface area (TPSA) is 116 Å². The van der Waals surface area contributed by atoms with Gasteiger partial charge < -0.3 is 20.4 Å². The molecular weight excluding hydrogens is 647 g/mol. The molecule has 3 aromatic rings. The number of hydrogen-bond donors (Lipinski definition) is 4. The lowest BCUT2D eigenvalue weighted by Gasteiger charge is -2.34. The van der Waals surface area contributed by atoms with Gasteiger partial charge in [0.25, 0.3) is 0 Å². The zero-order chi connectivity index (χ0) is 38.4. The van der Waals surface area contributed by atoms with Crippen LogP contribution in [0, 0.1) is 19.3 Å². The van der Waals surface area contributed by atoms with Gasteiger partial charge in [-0.3, -0.25) is 0 Å². The summed E-state index contributed by atoms with van der Waals surface area (Å²) in [7, 11) is -2.55. The maximum absolute atomic E-state index is 13.3. The summed E-state index contributed by atoms with van der Waals surface area (Å²) in [4.78, 5) is 0. The van der Waals surface area contributed by atoms with Crippen molar-refractivity contribution < 1.29 is 34.0 Å². The molecule has 0 saturated heterocycles. The summed E-state index contributed by atoms with van der Waals surface area (Å²) in [5, 5.41) is 43.3. The number of hydrogen-bond acceptors (Lipinski definition) is 7. The van der Waals surface area contributed by atoms with E-state index in [-0.39, 0.29) is 34.4 Å². The first kappa shape index (κ1) is 41.5. The molecule has 4 N–H and O–H groups in total. The van der Waals surface area contributed by atoms with Gasteiger partial charge in [0.1, 0.15) is 18.1 Å². The van der Waals surface area contributed by atoms with Gasteiger partial charge in [-0.1, -0.05) is 102 Å². The molecule has 2 atom stereocenters. The van der Waals surface area contributed by atoms with E-state index in [1.807, 2.05) is 113 Å². The van der Waals surface area contributed by atoms with Crippen molar-refractivity contribution in [3.8, 4) is 17.2 Å². The van der Waals surface area contributed by atoms with E-state index >= 15 is 0 Å². The molecule has 0 saturated carbocycles. The summed E-state index contributed by atoms with van der Waals surface area (Å²) < 4.78 is 25.1. The minimum Gasteiger partial charge on any atom is -0.508 e. The molecular formula is C42H62O7P+. The predicted octanol–water partition coefficient (Wildman–Crippen LogP) is 10.3. The van der Waals surface area contributed by atoms with Crippen LogP contribution in [0.1, 0.15) is 140 Å². The van der Waals surface area contributed by atoms with Crippen LogP contribution in [0.2, 0.25) is 0 Å². The highest BCUT2D eigenvalue weighted by molar-refractivity contribution is 7.33. The van der Waals surface area contributed by atoms with Crippen molar-refractivity contribution in [3.63, 3.8) is 0 Å². The number of aliphatic hydroxyl groups excluding tert-OH is 1. The fourth-order valence-electron chi connectivity index (χ4n) is 6.38. The standard InChI is InChI=1S/C42H61O7P/c1-25-16-34(43)30(38(3,4)5)20-28(25)22-42(15,37(45)46)23-29-21-31(39(6,7)8)35(17-26(29)2)49-50(47)48-24-27-18-32(40(9,10)11)36(44)33(19-27)41(12,13)14/h16-21,37,45-46H,22-24H2,1-15H3,(H-,43,44)/p+1. The fraction of sp³-hybridized carbons (Fsp3) is 0.571. The number of aliphatic hydroxyl groups is 2. The first-order chi connectivity index (χ1) is 22.5. The minimum absolute atomic E-state index is 0.0455. The summed E-state index contributed by atoms with van der Waals surface area (Å²) in [6.45, 7) is 30.3. The Morgan fingerprint density at radius 3 is 1.46 bits per heavy atom. The van der Waals surface area contributed by atoms with E-state index < -0.39 is 25.4 Å². The fourth-order valence-corrected chi connectivity index (χ4v) is 7.00. The summed E-state index contributed by atoms with van der Waals surface area (Å²) in [6, 6.07) is 11.4. The second kappa shape index (κ2) is 14.6. The van der Waals surface area contributed by atoms with E-state index in [0.717, 1.165) is 50.1 Å². The van der Waals surface area contributed by atoms with Gasteiger partial charge in [0, 0.05) is 15.5 Å². The molecule has 0 spiro atoms. The SMILES string of the molecule is Cc1cc(O)c(C(C)(C)C)cc1CC(C)(Cc1cc(C(C)(C)C)c(O[P+](=O)OCc2cc(C(C)(C)C)c(O)c(C(C)(C)C)c2)cc1C)C(O)O. The Morgan fingerprint density at radius 1 is 0.620 bits per heavy atom. The maximum atomic E-state index is 13.3. The van der Waals surface area contributed by atoms with Crippen LogP contribution in [0.5, 0.6) is 17.2 Å². The molecule has 7 nitrogen and oxygen atoms in total. The Balaban J connectivity index is 1.94. The third-order valence-corrected chi connectivity index (χ3v) is 10.3. The van der Waals surface area contributed by atoms with Crippen LogP contribution in [0.25, 0.3) is 0 Å². The molecule has 0 aliphatic heterocycles. The van der Waals surface area contributed by atoms with Crippen LogP contribution in [0.15, 0.2) is 36.4 Å². The summed E-state index contributed by atoms with van der Waals surface area (Å²) in [5.74, 6) is 0.963. The lowest BCUT2D eigenvalue weighted by Crippen LogP contribution is -2.37. The summed E-state index contributed by atoms with van der Waals surface area (Å²) in [6.07, 6.45) is -0.865. The van der Waals surface area contributed by atoms with E-state index in [0.29, 0.717) is 18.6 Å². The number of aryl methyl sites for hydroxylation is 2. The van der Waals surface area contributed by atoms with Crippen molar-refractivity contribution in [1.29, 1.82) is 0 Å². The average Bonchev–Trinajstić information content (AvgIpc) is 2.92. The van der Waals surface area contributed by atoms with E-state index in [9.17, 15) is 25.0 Å². The molecule has 8 heteroatoms. The van der Waals surface area contributed by atoms with Crippen molar-refractivity contribution in [3.05, 3.63) is 86.5 Å². The molecule has 2 unspecified atom stereocenters. The Kier molecular flexibility index (Phi) is 12.1. The highest BCUT2D eigenvalue weighted by atomic mass is 31.1. The van der Waals surface area contributed by atoms with Crippen LogP contribution in [-0.4, -0.2) is 26.7 Å². The third-order valence-electron chi connectivity index (χ3n) is 9.62. The normalized spacial score (nSPS) is 14.6. The van der Waals surface area contributed by atoms with Gasteiger partial charge in [0.15, 0.2) is 12.0 Å². The lowest BCUT2D eigenvalue weighted by atomic mass is 9.74. The van der Waals surface area contributed by atoms with Crippen molar-refractivity contribution >= 4 is 8.25 Å². The van der Waals surface area contributed by atoms with Crippen molar-refractivity contribution in [1.82, 2.24) is 0 Å². The third kappa shape index (κ3) is 9.88. The molecule has 50 heavy (non-hydrogen) atoms. The molecule has 0 aromatic heterocycles. The van der Waals surface area contributed by atoms with Gasteiger partial charge in [-0.2, -0.15) is 0 Å². The van der Waals surface area contributed by atoms with Crippen LogP contribution in [0.3, 0.4) is 0 Å². The number of rotatable bonds is 10. The van der Waals surface area contributed by atoms with Crippen LogP contribution >= 0.6 is 8.25 Å². The second-order valence-electron chi connectivity index (χ2n) is 18.6. The molecule has 276 valence electrons. The molecule has 0 bridgehead atoms. The van der Waals surface area contributed by atoms with Gasteiger partial charge in [-0.05, 0) is 117 Å². The van der Waals surface area contributed by atoms with Crippen molar-refractivity contribution in [2.24, 2.45) is 5.41 Å². The van der Waals surface area contributed by atoms with Gasteiger partial charge in [0.05, 0.1) is 0 Å². The summed E-state index contributed by atoms with van der Waals surface area (Å²) in [5.41, 5.74) is 5.43. The highest BCUT2D eigenvalue weighted by Gasteiger charge is 2.36. The highest BCUT2D eigenvalue weighted by Crippen LogP contribution is 2.44. The first-order valence-corrected chi connectivity index (χ1v) is 18.6. The van der Waals surface area contributed by atoms with Crippen molar-refractivity contribution in [2.75, 3.05) is 0 Å². The van der Waals surface area contributed by atoms with Crippen LogP contribution < -0.4 is 4.52 Å². The van der Waals surface area contributed by atoms with Gasteiger partial charge in [-0.25, -0.2) is 4.52 Å². The van der Waals surface area contributed by atoms with Gasteiger partial charge in [-0.15, -0.1) is 4.52 Å². The van der Waals surface area contributed by atoms with E-state index in [1.165, 1.54) is 0 Å². The molecule has 0 amide bonds. The first-order valence-electron chi connectivity index (χ1n) is 17.5. The van der Waals surface area contributed by atoms with Gasteiger partial charge >= 0.3 is 8.25 Å². The predicted molar refractivity (Wildman–Crippen MR) is 204 cm³/mol. The number of phenols is 2. The van der Waals surface area contributed by atoms with E-state index in [2.05, 4.69) is 20.8 Å². The minimum atomic E-state index is -2.55. The zero-order valence-corrected chi connectivity index (χ0v) is 34.0. The van der Waals surface area contributed by atoms with Crippen molar-refractivity contribution in [2.45, 2.75) is 151 Å². The Morgan fingerprint density at radius 2 is 1.04 bits per heavy atom. The maximum Gasteiger partial charge on any atom is 0.750 e. The molecule has 0 fully saturated rings. The summed E-state index contributed by atoms with van der Waals surface area (Å²) >= 11 is 0. The Bertz CT molecular complexity index is 1680. The zero-order valence-electron chi connectivity index (χ0n) is 33.1. The Labute approximate surface area is 302 Å². The second-order valence-corrected chi connectivity index (χ2v) is 19.5. The Hall–Kier alpha value is -2.96. The molecule has 0 aliphatic carbocycles. The monoisotopic (exact) mass is 709 g/mol. The van der Waals surface area contributed by atoms with Crippen LogP contribution in [0.4, 0.5) is 0 Å². The molecule has 0 heterocycles. The average molecular weight is 710 g/mol. The molecule has 3 rings (SSSR count). The molecule has 0 radical (unpaired) electrons. The van der Waals surface area contributed by atoms with Crippen LogP contribution in [-0.2, 0) is 50.2 Å². The number of aromatic hydroxyl groups is 2. The molecule has 3 aromatic carbocycles. The number of benzene rings is 3. The van der Waals surface area contributed by atoms with E-state index in [1.54, 1.807) is 6.07 Å². The largest absolute Gasteiger partial charge is 0.750 e. The quantitative estimate of drug-likeness (QED) is 0.122. The van der Waals surface area contributed by atoms with Gasteiger partial charge in [0.2, 0.25) is 0 Å². The van der Waals surface area contributed by atoms with E-state index in [4.69, 9.17) is 9.05 Å². The lowest BCUT2D eigenvalue weighted by molar-refractivity contribution is -0.128. The number of phenolic OH excluding ortho intramolecular Hbond substituents is 2. The molecule has 0 aliphatic rings. The smallest absolute Gasteiger partial charge is 0.508 e.